The van der Waals surface area contributed by atoms with Crippen LogP contribution in [0.4, 0.5) is 5.69 Å². The first-order chi connectivity index (χ1) is 6.46. The predicted octanol–water partition coefficient (Wildman–Crippen LogP) is 0.954. The van der Waals surface area contributed by atoms with Gasteiger partial charge in [-0.25, -0.2) is 8.42 Å². The number of hydrogen-bond acceptors (Lipinski definition) is 3. The van der Waals surface area contributed by atoms with Crippen molar-refractivity contribution in [1.29, 1.82) is 0 Å². The number of aromatic amines is 1. The van der Waals surface area contributed by atoms with Gasteiger partial charge in [-0.3, -0.25) is 9.82 Å². The minimum Gasteiger partial charge on any atom is -0.280 e. The summed E-state index contributed by atoms with van der Waals surface area (Å²) in [5.74, 6) is -0.100. The number of H-pyrrole nitrogens is 1. The van der Waals surface area contributed by atoms with Crippen LogP contribution in [0.2, 0.25) is 0 Å². The Morgan fingerprint density at radius 2 is 2.21 bits per heavy atom. The summed E-state index contributed by atoms with van der Waals surface area (Å²) in [7, 11) is -3.33. The smallest absolute Gasteiger partial charge is 0.236 e. The highest BCUT2D eigenvalue weighted by molar-refractivity contribution is 7.92. The number of sulfonamides is 1. The second-order valence-electron chi connectivity index (χ2n) is 2.98. The van der Waals surface area contributed by atoms with Crippen molar-refractivity contribution in [2.45, 2.75) is 13.8 Å². The fraction of sp³-hybridized carbons (Fsp3) is 0.375. The zero-order valence-corrected chi connectivity index (χ0v) is 8.98. The van der Waals surface area contributed by atoms with Crippen molar-refractivity contribution in [3.05, 3.63) is 24.0 Å². The fourth-order valence-corrected chi connectivity index (χ4v) is 2.06. The van der Waals surface area contributed by atoms with E-state index in [0.717, 1.165) is 0 Å². The lowest BCUT2D eigenvalue weighted by Gasteiger charge is -2.05. The average molecular weight is 215 g/mol. The maximum Gasteiger partial charge on any atom is 0.236 e. The van der Waals surface area contributed by atoms with Gasteiger partial charge in [0, 0.05) is 0 Å². The van der Waals surface area contributed by atoms with E-state index in [0.29, 0.717) is 17.1 Å². The molecule has 5 nitrogen and oxygen atoms in total. The molecule has 1 aromatic heterocycles. The lowest BCUT2D eigenvalue weighted by Crippen LogP contribution is -2.16. The van der Waals surface area contributed by atoms with E-state index < -0.39 is 10.0 Å². The zero-order chi connectivity index (χ0) is 10.8. The van der Waals surface area contributed by atoms with Crippen molar-refractivity contribution in [2.24, 2.45) is 0 Å². The Bertz CT molecular complexity index is 414. The van der Waals surface area contributed by atoms with Gasteiger partial charge in [-0.2, -0.15) is 5.10 Å². The third kappa shape index (κ3) is 2.35. The molecule has 0 unspecified atom stereocenters. The minimum absolute atomic E-state index is 0.100. The quantitative estimate of drug-likeness (QED) is 0.734. The van der Waals surface area contributed by atoms with E-state index in [2.05, 4.69) is 21.5 Å². The zero-order valence-electron chi connectivity index (χ0n) is 8.16. The molecule has 78 valence electrons. The largest absolute Gasteiger partial charge is 0.280 e. The minimum atomic E-state index is -3.33. The van der Waals surface area contributed by atoms with E-state index in [1.54, 1.807) is 13.8 Å². The number of nitrogens with zero attached hydrogens (tertiary/aromatic N) is 1. The van der Waals surface area contributed by atoms with Crippen molar-refractivity contribution in [3.8, 4) is 0 Å². The number of nitrogens with one attached hydrogen (secondary N) is 2. The van der Waals surface area contributed by atoms with Crippen molar-refractivity contribution in [2.75, 3.05) is 10.5 Å². The maximum absolute atomic E-state index is 11.4. The molecular weight excluding hydrogens is 202 g/mol. The summed E-state index contributed by atoms with van der Waals surface area (Å²) in [6.07, 6.45) is 1.34. The van der Waals surface area contributed by atoms with Crippen LogP contribution in [0.5, 0.6) is 0 Å². The normalized spacial score (nSPS) is 11.3. The average Bonchev–Trinajstić information content (AvgIpc) is 2.35. The second-order valence-corrected chi connectivity index (χ2v) is 4.75. The van der Waals surface area contributed by atoms with Crippen molar-refractivity contribution < 1.29 is 8.42 Å². The second kappa shape index (κ2) is 3.83. The van der Waals surface area contributed by atoms with E-state index in [1.807, 2.05) is 0 Å². The highest BCUT2D eigenvalue weighted by Gasteiger charge is 2.13. The molecule has 1 aromatic rings. The SMILES string of the molecule is C=CCS(=O)(=O)Nc1c(C)n[nH]c1C. The van der Waals surface area contributed by atoms with Crippen LogP contribution in [0.1, 0.15) is 11.4 Å². The third-order valence-corrected chi connectivity index (χ3v) is 2.91. The molecular formula is C8H13N3O2S. The summed E-state index contributed by atoms with van der Waals surface area (Å²) in [6, 6.07) is 0. The van der Waals surface area contributed by atoms with Crippen molar-refractivity contribution in [1.82, 2.24) is 10.2 Å². The van der Waals surface area contributed by atoms with Gasteiger partial charge in [0.25, 0.3) is 0 Å². The standard InChI is InChI=1S/C8H13N3O2S/c1-4-5-14(12,13)11-8-6(2)9-10-7(8)3/h4,11H,1,5H2,2-3H3,(H,9,10). The summed E-state index contributed by atoms with van der Waals surface area (Å²) in [5.41, 5.74) is 1.86. The van der Waals surface area contributed by atoms with E-state index >= 15 is 0 Å². The molecule has 6 heteroatoms. The Morgan fingerprint density at radius 1 is 1.57 bits per heavy atom. The molecule has 0 amide bonds. The van der Waals surface area contributed by atoms with Gasteiger partial charge >= 0.3 is 0 Å². The lowest BCUT2D eigenvalue weighted by atomic mass is 10.3. The van der Waals surface area contributed by atoms with Gasteiger partial charge in [0.15, 0.2) is 0 Å². The van der Waals surface area contributed by atoms with Gasteiger partial charge in [0.2, 0.25) is 10.0 Å². The first-order valence-electron chi connectivity index (χ1n) is 4.09. The molecule has 1 heterocycles. The number of aryl methyl sites for hydroxylation is 2. The van der Waals surface area contributed by atoms with Crippen molar-refractivity contribution in [3.63, 3.8) is 0 Å². The molecule has 0 spiro atoms. The Kier molecular flexibility index (Phi) is 2.95. The first kappa shape index (κ1) is 10.8. The van der Waals surface area contributed by atoms with Gasteiger partial charge in [0.05, 0.1) is 22.8 Å². The Hall–Kier alpha value is -1.30. The monoisotopic (exact) mass is 215 g/mol. The predicted molar refractivity (Wildman–Crippen MR) is 55.7 cm³/mol. The van der Waals surface area contributed by atoms with Gasteiger partial charge < -0.3 is 0 Å². The van der Waals surface area contributed by atoms with Crippen LogP contribution >= 0.6 is 0 Å². The summed E-state index contributed by atoms with van der Waals surface area (Å²) in [5, 5.41) is 6.58. The number of anilines is 1. The highest BCUT2D eigenvalue weighted by atomic mass is 32.2. The fourth-order valence-electron chi connectivity index (χ4n) is 1.05. The summed E-state index contributed by atoms with van der Waals surface area (Å²) in [4.78, 5) is 0. The molecule has 0 aromatic carbocycles. The van der Waals surface area contributed by atoms with E-state index in [1.165, 1.54) is 6.08 Å². The van der Waals surface area contributed by atoms with E-state index in [-0.39, 0.29) is 5.75 Å². The van der Waals surface area contributed by atoms with E-state index in [4.69, 9.17) is 0 Å². The molecule has 0 aliphatic carbocycles. The molecule has 14 heavy (non-hydrogen) atoms. The molecule has 0 fully saturated rings. The molecule has 0 radical (unpaired) electrons. The number of aromatic nitrogens is 2. The van der Waals surface area contributed by atoms with Crippen LogP contribution in [-0.2, 0) is 10.0 Å². The van der Waals surface area contributed by atoms with Gasteiger partial charge in [-0.15, -0.1) is 6.58 Å². The Morgan fingerprint density at radius 3 is 2.64 bits per heavy atom. The topological polar surface area (TPSA) is 74.8 Å². The highest BCUT2D eigenvalue weighted by Crippen LogP contribution is 2.17. The van der Waals surface area contributed by atoms with Crippen molar-refractivity contribution >= 4 is 15.7 Å². The van der Waals surface area contributed by atoms with Crippen LogP contribution in [0.3, 0.4) is 0 Å². The molecule has 0 atom stereocenters. The van der Waals surface area contributed by atoms with E-state index in [9.17, 15) is 8.42 Å². The maximum atomic E-state index is 11.4. The number of hydrogen-bond donors (Lipinski definition) is 2. The van der Waals surface area contributed by atoms with Crippen LogP contribution in [0.25, 0.3) is 0 Å². The summed E-state index contributed by atoms with van der Waals surface area (Å²) < 4.78 is 25.2. The van der Waals surface area contributed by atoms with Crippen LogP contribution in [0, 0.1) is 13.8 Å². The molecule has 0 bridgehead atoms. The molecule has 2 N–H and O–H groups in total. The molecule has 0 saturated carbocycles. The first-order valence-corrected chi connectivity index (χ1v) is 5.74. The summed E-state index contributed by atoms with van der Waals surface area (Å²) in [6.45, 7) is 6.86. The Labute approximate surface area is 83.3 Å². The lowest BCUT2D eigenvalue weighted by molar-refractivity contribution is 0.604. The van der Waals surface area contributed by atoms with Gasteiger partial charge in [-0.1, -0.05) is 6.08 Å². The molecule has 1 rings (SSSR count). The third-order valence-electron chi connectivity index (χ3n) is 1.72. The van der Waals surface area contributed by atoms with Crippen LogP contribution in [0.15, 0.2) is 12.7 Å². The molecule has 0 saturated heterocycles. The molecule has 0 aliphatic rings. The van der Waals surface area contributed by atoms with Gasteiger partial charge in [0.1, 0.15) is 0 Å². The van der Waals surface area contributed by atoms with Gasteiger partial charge in [-0.05, 0) is 13.8 Å². The number of rotatable bonds is 4. The molecule has 0 aliphatic heterocycles. The van der Waals surface area contributed by atoms with Crippen LogP contribution < -0.4 is 4.72 Å². The Balaban J connectivity index is 2.94. The summed E-state index contributed by atoms with van der Waals surface area (Å²) >= 11 is 0. The van der Waals surface area contributed by atoms with Crippen LogP contribution in [-0.4, -0.2) is 24.4 Å².